The summed E-state index contributed by atoms with van der Waals surface area (Å²) in [5.74, 6) is 0. The maximum atomic E-state index is 8.05. The monoisotopic (exact) mass is 188 g/mol. The van der Waals surface area contributed by atoms with Crippen molar-refractivity contribution in [3.05, 3.63) is 11.6 Å². The molecule has 0 aromatic carbocycles. The number of hydrogen-bond donors (Lipinski definition) is 2. The summed E-state index contributed by atoms with van der Waals surface area (Å²) in [7, 11) is 1.00. The minimum absolute atomic E-state index is 0. The third kappa shape index (κ3) is 14.0. The average molecular weight is 188 g/mol. The van der Waals surface area contributed by atoms with Gasteiger partial charge in [0.15, 0.2) is 0 Å². The third-order valence-electron chi connectivity index (χ3n) is 0.973. The van der Waals surface area contributed by atoms with E-state index in [4.69, 9.17) is 10.4 Å². The number of nitrogens with zero attached hydrogens (tertiary/aromatic N) is 1. The minimum atomic E-state index is 0. The van der Waals surface area contributed by atoms with Gasteiger partial charge < -0.3 is 15.9 Å². The van der Waals surface area contributed by atoms with Gasteiger partial charge in [-0.05, 0) is 5.57 Å². The Morgan fingerprint density at radius 1 is 1.46 bits per heavy atom. The van der Waals surface area contributed by atoms with E-state index in [1.165, 1.54) is 12.0 Å². The van der Waals surface area contributed by atoms with Gasteiger partial charge in [0.25, 0.3) is 0 Å². The van der Waals surface area contributed by atoms with Crippen LogP contribution >= 0.6 is 0 Å². The Bertz CT molecular complexity index is 144. The van der Waals surface area contributed by atoms with Crippen molar-refractivity contribution in [2.75, 3.05) is 20.2 Å². The Labute approximate surface area is 80.2 Å². The van der Waals surface area contributed by atoms with E-state index in [2.05, 4.69) is 19.2 Å². The van der Waals surface area contributed by atoms with E-state index in [1.807, 2.05) is 6.07 Å². The van der Waals surface area contributed by atoms with Crippen molar-refractivity contribution in [3.63, 3.8) is 0 Å². The molecule has 0 aromatic rings. The van der Waals surface area contributed by atoms with Crippen LogP contribution in [0.3, 0.4) is 0 Å². The van der Waals surface area contributed by atoms with Gasteiger partial charge in [0.05, 0.1) is 6.07 Å². The topological polar surface area (TPSA) is 87.5 Å². The number of nitriles is 1. The second-order valence-electron chi connectivity index (χ2n) is 2.24. The van der Waals surface area contributed by atoms with E-state index in [0.717, 1.165) is 20.2 Å². The van der Waals surface area contributed by atoms with Gasteiger partial charge in [0.1, 0.15) is 0 Å². The first-order chi connectivity index (χ1) is 5.85. The molecule has 1 aliphatic heterocycles. The lowest BCUT2D eigenvalue weighted by atomic mass is 10.1. The smallest absolute Gasteiger partial charge is 0.0912 e. The predicted molar refractivity (Wildman–Crippen MR) is 54.3 cm³/mol. The van der Waals surface area contributed by atoms with Crippen LogP contribution in [0.2, 0.25) is 0 Å². The Kier molecular flexibility index (Phi) is 23.9. The lowest BCUT2D eigenvalue weighted by Gasteiger charge is -2.16. The number of nitrogens with one attached hydrogen (secondary N) is 1. The molecule has 4 N–H and O–H groups in total. The van der Waals surface area contributed by atoms with E-state index < -0.39 is 0 Å². The largest absolute Gasteiger partial charge is 0.412 e. The summed E-state index contributed by atoms with van der Waals surface area (Å²) < 4.78 is 0. The normalized spacial score (nSPS) is 11.2. The van der Waals surface area contributed by atoms with Crippen LogP contribution < -0.4 is 5.32 Å². The molecule has 0 unspecified atom stereocenters. The predicted octanol–water partition coefficient (Wildman–Crippen LogP) is 0.240. The molecule has 0 aromatic heterocycles. The number of aliphatic hydroxyl groups is 1. The minimum Gasteiger partial charge on any atom is -0.412 e. The standard InChI is InChI=1S/C5H6N2.C3H8.CH4O.H2O/c6-2-1-5-3-7-4-5;1-3-2;1-2;/h1,7H,3-4H2;3H2,1-2H3;2H,1H3;1H2. The molecule has 0 spiro atoms. The SMILES string of the molecule is CCC.CO.N#CC=C1CNC1.O. The molecule has 0 atom stereocenters. The molecule has 1 fully saturated rings. The summed E-state index contributed by atoms with van der Waals surface area (Å²) in [6, 6.07) is 1.97. The molecule has 4 nitrogen and oxygen atoms in total. The number of rotatable bonds is 0. The molecule has 0 amide bonds. The summed E-state index contributed by atoms with van der Waals surface area (Å²) in [5, 5.41) is 18.1. The van der Waals surface area contributed by atoms with E-state index in [0.29, 0.717) is 0 Å². The molecule has 0 saturated carbocycles. The highest BCUT2D eigenvalue weighted by Gasteiger charge is 2.04. The second-order valence-corrected chi connectivity index (χ2v) is 2.24. The van der Waals surface area contributed by atoms with Gasteiger partial charge in [-0.3, -0.25) is 0 Å². The molecule has 1 aliphatic rings. The van der Waals surface area contributed by atoms with E-state index in [-0.39, 0.29) is 5.48 Å². The zero-order valence-corrected chi connectivity index (χ0v) is 8.59. The number of aliphatic hydroxyl groups excluding tert-OH is 1. The van der Waals surface area contributed by atoms with Crippen molar-refractivity contribution >= 4 is 0 Å². The molecule has 0 bridgehead atoms. The quantitative estimate of drug-likeness (QED) is 0.534. The van der Waals surface area contributed by atoms with Gasteiger partial charge in [0, 0.05) is 26.3 Å². The number of hydrogen-bond acceptors (Lipinski definition) is 3. The molecular weight excluding hydrogens is 168 g/mol. The highest BCUT2D eigenvalue weighted by Crippen LogP contribution is 1.97. The maximum Gasteiger partial charge on any atom is 0.0912 e. The van der Waals surface area contributed by atoms with Crippen LogP contribution in [-0.4, -0.2) is 30.8 Å². The Morgan fingerprint density at radius 3 is 1.92 bits per heavy atom. The zero-order chi connectivity index (χ0) is 9.82. The molecule has 13 heavy (non-hydrogen) atoms. The summed E-state index contributed by atoms with van der Waals surface area (Å²) >= 11 is 0. The molecule has 1 heterocycles. The maximum absolute atomic E-state index is 8.05. The molecule has 0 aliphatic carbocycles. The molecule has 1 saturated heterocycles. The molecular formula is C9H20N2O2. The lowest BCUT2D eigenvalue weighted by Crippen LogP contribution is -2.33. The summed E-state index contributed by atoms with van der Waals surface area (Å²) in [5.41, 5.74) is 1.21. The second kappa shape index (κ2) is 17.3. The molecule has 78 valence electrons. The fourth-order valence-corrected chi connectivity index (χ4v) is 0.463. The lowest BCUT2D eigenvalue weighted by molar-refractivity contribution is 0.399. The van der Waals surface area contributed by atoms with Crippen LogP contribution in [0, 0.1) is 11.3 Å². The highest BCUT2D eigenvalue weighted by molar-refractivity contribution is 5.21. The Hall–Kier alpha value is -0.890. The number of allylic oxidation sites excluding steroid dienone is 1. The Morgan fingerprint density at radius 2 is 1.85 bits per heavy atom. The van der Waals surface area contributed by atoms with Gasteiger partial charge in [-0.25, -0.2) is 0 Å². The molecule has 0 radical (unpaired) electrons. The van der Waals surface area contributed by atoms with Crippen LogP contribution in [0.15, 0.2) is 11.6 Å². The summed E-state index contributed by atoms with van der Waals surface area (Å²) in [6.07, 6.45) is 2.84. The van der Waals surface area contributed by atoms with Gasteiger partial charge in [-0.2, -0.15) is 5.26 Å². The summed E-state index contributed by atoms with van der Waals surface area (Å²) in [4.78, 5) is 0. The third-order valence-corrected chi connectivity index (χ3v) is 0.973. The highest BCUT2D eigenvalue weighted by atomic mass is 16.2. The van der Waals surface area contributed by atoms with Crippen LogP contribution in [-0.2, 0) is 0 Å². The van der Waals surface area contributed by atoms with Crippen molar-refractivity contribution in [1.82, 2.24) is 5.32 Å². The van der Waals surface area contributed by atoms with E-state index >= 15 is 0 Å². The van der Waals surface area contributed by atoms with Gasteiger partial charge in [0.2, 0.25) is 0 Å². The van der Waals surface area contributed by atoms with Crippen LogP contribution in [0.1, 0.15) is 20.3 Å². The fourth-order valence-electron chi connectivity index (χ4n) is 0.463. The van der Waals surface area contributed by atoms with E-state index in [1.54, 1.807) is 6.08 Å². The molecule has 4 heteroatoms. The van der Waals surface area contributed by atoms with Crippen molar-refractivity contribution in [3.8, 4) is 6.07 Å². The van der Waals surface area contributed by atoms with Crippen molar-refractivity contribution < 1.29 is 10.6 Å². The van der Waals surface area contributed by atoms with Gasteiger partial charge in [-0.1, -0.05) is 20.3 Å². The van der Waals surface area contributed by atoms with Crippen molar-refractivity contribution in [1.29, 1.82) is 5.26 Å². The van der Waals surface area contributed by atoms with Gasteiger partial charge in [-0.15, -0.1) is 0 Å². The molecule has 1 rings (SSSR count). The first-order valence-electron chi connectivity index (χ1n) is 4.08. The Balaban J connectivity index is -0.000000146. The first kappa shape index (κ1) is 18.0. The van der Waals surface area contributed by atoms with Crippen LogP contribution in [0.4, 0.5) is 0 Å². The van der Waals surface area contributed by atoms with E-state index in [9.17, 15) is 0 Å². The first-order valence-corrected chi connectivity index (χ1v) is 4.08. The van der Waals surface area contributed by atoms with Gasteiger partial charge >= 0.3 is 0 Å². The van der Waals surface area contributed by atoms with Crippen molar-refractivity contribution in [2.45, 2.75) is 20.3 Å². The fraction of sp³-hybridized carbons (Fsp3) is 0.667. The van der Waals surface area contributed by atoms with Crippen molar-refractivity contribution in [2.24, 2.45) is 0 Å². The summed E-state index contributed by atoms with van der Waals surface area (Å²) in [6.45, 7) is 6.07. The van der Waals surface area contributed by atoms with Crippen LogP contribution in [0.5, 0.6) is 0 Å². The zero-order valence-electron chi connectivity index (χ0n) is 8.59. The van der Waals surface area contributed by atoms with Crippen LogP contribution in [0.25, 0.3) is 0 Å². The average Bonchev–Trinajstić information content (AvgIpc) is 2.03.